The maximum atomic E-state index is 13.0. The fourth-order valence-electron chi connectivity index (χ4n) is 3.76. The molecule has 0 saturated carbocycles. The van der Waals surface area contributed by atoms with Crippen molar-refractivity contribution in [3.8, 4) is 22.8 Å². The zero-order valence-corrected chi connectivity index (χ0v) is 21.0. The van der Waals surface area contributed by atoms with E-state index in [0.29, 0.717) is 16.8 Å². The number of anilines is 1. The number of hydrogen-bond donors (Lipinski definition) is 1. The lowest BCUT2D eigenvalue weighted by Crippen LogP contribution is -2.17. The Balaban J connectivity index is 1.38. The van der Waals surface area contributed by atoms with Crippen LogP contribution in [0.5, 0.6) is 0 Å². The lowest BCUT2D eigenvalue weighted by atomic mass is 10.2. The number of benzene rings is 2. The Morgan fingerprint density at radius 3 is 2.17 bits per heavy atom. The first-order valence-electron chi connectivity index (χ1n) is 11.5. The van der Waals surface area contributed by atoms with E-state index in [1.807, 2.05) is 92.1 Å². The highest BCUT2D eigenvalue weighted by atomic mass is 32.2. The van der Waals surface area contributed by atoms with Gasteiger partial charge < -0.3 is 5.32 Å². The zero-order chi connectivity index (χ0) is 25.1. The fourth-order valence-corrected chi connectivity index (χ4v) is 4.51. The Morgan fingerprint density at radius 1 is 0.861 bits per heavy atom. The third-order valence-electron chi connectivity index (χ3n) is 5.57. The van der Waals surface area contributed by atoms with Crippen molar-refractivity contribution in [1.82, 2.24) is 29.5 Å². The second-order valence-corrected chi connectivity index (χ2v) is 9.41. The molecule has 1 N–H and O–H groups in total. The summed E-state index contributed by atoms with van der Waals surface area (Å²) in [6, 6.07) is 21.8. The van der Waals surface area contributed by atoms with E-state index < -0.39 is 0 Å². The van der Waals surface area contributed by atoms with Gasteiger partial charge in [0.2, 0.25) is 5.91 Å². The summed E-state index contributed by atoms with van der Waals surface area (Å²) in [5, 5.41) is 17.0. The molecule has 1 amide bonds. The van der Waals surface area contributed by atoms with Gasteiger partial charge in [-0.2, -0.15) is 5.10 Å². The Kier molecular flexibility index (Phi) is 6.64. The molecule has 8 nitrogen and oxygen atoms in total. The number of carbonyl (C=O) groups excluding carboxylic acids is 1. The van der Waals surface area contributed by atoms with Gasteiger partial charge in [0.15, 0.2) is 11.0 Å². The summed E-state index contributed by atoms with van der Waals surface area (Å²) in [7, 11) is 0. The molecule has 0 radical (unpaired) electrons. The van der Waals surface area contributed by atoms with E-state index in [1.54, 1.807) is 17.1 Å². The average Bonchev–Trinajstić information content (AvgIpc) is 3.47. The highest BCUT2D eigenvalue weighted by Gasteiger charge is 2.18. The molecule has 0 bridgehead atoms. The lowest BCUT2D eigenvalue weighted by Gasteiger charge is -2.11. The number of carbonyl (C=O) groups is 1. The van der Waals surface area contributed by atoms with Crippen LogP contribution in [0.1, 0.15) is 16.8 Å². The summed E-state index contributed by atoms with van der Waals surface area (Å²) < 4.78 is 3.71. The molecule has 0 fully saturated rings. The number of hydrogen-bond acceptors (Lipinski definition) is 6. The van der Waals surface area contributed by atoms with Gasteiger partial charge in [0.1, 0.15) is 5.82 Å². The van der Waals surface area contributed by atoms with Gasteiger partial charge in [-0.15, -0.1) is 10.2 Å². The van der Waals surface area contributed by atoms with Gasteiger partial charge >= 0.3 is 0 Å². The SMILES string of the molecule is Cc1ccc(-n2nc(C)cc2NC(=O)CSc2nnc(-c3ccncc3)n2-c2ccc(C)cc2)cc1. The lowest BCUT2D eigenvalue weighted by molar-refractivity contribution is -0.113. The Morgan fingerprint density at radius 2 is 1.50 bits per heavy atom. The van der Waals surface area contributed by atoms with Crippen LogP contribution in [0.25, 0.3) is 22.8 Å². The molecule has 0 atom stereocenters. The molecule has 3 heterocycles. The minimum atomic E-state index is -0.155. The van der Waals surface area contributed by atoms with Crippen molar-refractivity contribution >= 4 is 23.5 Å². The molecule has 36 heavy (non-hydrogen) atoms. The summed E-state index contributed by atoms with van der Waals surface area (Å²) in [6.07, 6.45) is 3.45. The van der Waals surface area contributed by atoms with E-state index in [9.17, 15) is 4.79 Å². The zero-order valence-electron chi connectivity index (χ0n) is 20.2. The van der Waals surface area contributed by atoms with Crippen LogP contribution in [0.2, 0.25) is 0 Å². The van der Waals surface area contributed by atoms with Crippen LogP contribution in [0.3, 0.4) is 0 Å². The highest BCUT2D eigenvalue weighted by Crippen LogP contribution is 2.28. The Labute approximate surface area is 213 Å². The quantitative estimate of drug-likeness (QED) is 0.313. The van der Waals surface area contributed by atoms with Gasteiger partial charge in [-0.3, -0.25) is 14.3 Å². The number of rotatable bonds is 7. The molecule has 0 aliphatic carbocycles. The van der Waals surface area contributed by atoms with E-state index in [1.165, 1.54) is 11.8 Å². The summed E-state index contributed by atoms with van der Waals surface area (Å²) in [6.45, 7) is 5.98. The molecule has 3 aromatic heterocycles. The molecule has 0 unspecified atom stereocenters. The van der Waals surface area contributed by atoms with Gasteiger partial charge in [0.05, 0.1) is 17.1 Å². The van der Waals surface area contributed by atoms with Crippen LogP contribution in [0.15, 0.2) is 84.3 Å². The number of nitrogens with one attached hydrogen (secondary N) is 1. The van der Waals surface area contributed by atoms with E-state index in [0.717, 1.165) is 33.8 Å². The van der Waals surface area contributed by atoms with Crippen molar-refractivity contribution in [1.29, 1.82) is 0 Å². The summed E-state index contributed by atoms with van der Waals surface area (Å²) in [5.41, 5.74) is 5.84. The molecule has 2 aromatic carbocycles. The number of aromatic nitrogens is 6. The maximum absolute atomic E-state index is 13.0. The van der Waals surface area contributed by atoms with Crippen LogP contribution >= 0.6 is 11.8 Å². The topological polar surface area (TPSA) is 90.5 Å². The van der Waals surface area contributed by atoms with Crippen molar-refractivity contribution in [3.63, 3.8) is 0 Å². The molecule has 0 saturated heterocycles. The first kappa shape index (κ1) is 23.5. The summed E-state index contributed by atoms with van der Waals surface area (Å²) in [5.74, 6) is 1.33. The van der Waals surface area contributed by atoms with E-state index in [-0.39, 0.29) is 11.7 Å². The van der Waals surface area contributed by atoms with Gasteiger partial charge in [0.25, 0.3) is 0 Å². The molecular weight excluding hydrogens is 470 g/mol. The Bertz CT molecular complexity index is 1490. The number of aryl methyl sites for hydroxylation is 3. The first-order valence-corrected chi connectivity index (χ1v) is 12.5. The molecule has 9 heteroatoms. The molecule has 180 valence electrons. The summed E-state index contributed by atoms with van der Waals surface area (Å²) >= 11 is 1.33. The predicted molar refractivity (Wildman–Crippen MR) is 142 cm³/mol. The fraction of sp³-hybridized carbons (Fsp3) is 0.148. The van der Waals surface area contributed by atoms with Crippen LogP contribution in [-0.4, -0.2) is 41.2 Å². The van der Waals surface area contributed by atoms with Crippen LogP contribution in [0, 0.1) is 20.8 Å². The van der Waals surface area contributed by atoms with E-state index in [4.69, 9.17) is 0 Å². The van der Waals surface area contributed by atoms with Crippen LogP contribution in [0.4, 0.5) is 5.82 Å². The maximum Gasteiger partial charge on any atom is 0.236 e. The van der Waals surface area contributed by atoms with Gasteiger partial charge in [-0.1, -0.05) is 47.2 Å². The second-order valence-electron chi connectivity index (χ2n) is 8.47. The van der Waals surface area contributed by atoms with Crippen molar-refractivity contribution in [2.45, 2.75) is 25.9 Å². The third-order valence-corrected chi connectivity index (χ3v) is 6.50. The minimum Gasteiger partial charge on any atom is -0.310 e. The van der Waals surface area contributed by atoms with Crippen molar-refractivity contribution in [2.75, 3.05) is 11.1 Å². The monoisotopic (exact) mass is 495 g/mol. The molecule has 5 aromatic rings. The predicted octanol–water partition coefficient (Wildman–Crippen LogP) is 5.17. The van der Waals surface area contributed by atoms with Crippen molar-refractivity contribution < 1.29 is 4.79 Å². The minimum absolute atomic E-state index is 0.155. The van der Waals surface area contributed by atoms with E-state index in [2.05, 4.69) is 25.6 Å². The van der Waals surface area contributed by atoms with Gasteiger partial charge in [0, 0.05) is 29.7 Å². The standard InChI is InChI=1S/C27H25N7OS/c1-18-4-8-22(9-5-18)33-26(21-12-14-28-15-13-21)30-31-27(33)36-17-25(35)29-24-16-20(3)32-34(24)23-10-6-19(2)7-11-23/h4-16H,17H2,1-3H3,(H,29,35). The molecule has 5 rings (SSSR count). The normalized spacial score (nSPS) is 11.0. The number of pyridine rings is 1. The molecule has 0 spiro atoms. The third kappa shape index (κ3) is 5.06. The first-order chi connectivity index (χ1) is 17.5. The number of nitrogens with zero attached hydrogens (tertiary/aromatic N) is 6. The average molecular weight is 496 g/mol. The second kappa shape index (κ2) is 10.2. The van der Waals surface area contributed by atoms with Crippen molar-refractivity contribution in [3.05, 3.63) is 95.9 Å². The molecule has 0 aliphatic rings. The van der Waals surface area contributed by atoms with Crippen LogP contribution in [-0.2, 0) is 4.79 Å². The smallest absolute Gasteiger partial charge is 0.236 e. The molecular formula is C27H25N7OS. The number of amides is 1. The largest absolute Gasteiger partial charge is 0.310 e. The molecule has 0 aliphatic heterocycles. The van der Waals surface area contributed by atoms with Crippen LogP contribution < -0.4 is 5.32 Å². The Hall–Kier alpha value is -4.24. The summed E-state index contributed by atoms with van der Waals surface area (Å²) in [4.78, 5) is 17.1. The number of thioether (sulfide) groups is 1. The van der Waals surface area contributed by atoms with Gasteiger partial charge in [-0.05, 0) is 57.2 Å². The highest BCUT2D eigenvalue weighted by molar-refractivity contribution is 7.99. The van der Waals surface area contributed by atoms with Crippen molar-refractivity contribution in [2.24, 2.45) is 0 Å². The van der Waals surface area contributed by atoms with Gasteiger partial charge in [-0.25, -0.2) is 4.68 Å². The van der Waals surface area contributed by atoms with E-state index >= 15 is 0 Å².